The normalized spacial score (nSPS) is 11.3. The second kappa shape index (κ2) is 16.2. The zero-order valence-electron chi connectivity index (χ0n) is 31.1. The van der Waals surface area contributed by atoms with Gasteiger partial charge in [-0.2, -0.15) is 0 Å². The van der Waals surface area contributed by atoms with Gasteiger partial charge in [-0.25, -0.2) is 9.59 Å². The van der Waals surface area contributed by atoms with Crippen molar-refractivity contribution < 1.29 is 18.6 Å². The molecule has 16 heteroatoms. The Balaban J connectivity index is 0.000000174. The molecule has 4 aromatic heterocycles. The Bertz CT molecular complexity index is 2880. The lowest BCUT2D eigenvalue weighted by molar-refractivity contribution is 0.101. The van der Waals surface area contributed by atoms with E-state index in [-0.39, 0.29) is 29.5 Å². The summed E-state index contributed by atoms with van der Waals surface area (Å²) in [4.78, 5) is 53.9. The molecular formula is C41H36Cl2N8O6. The number of hydrogen-bond acceptors (Lipinski definition) is 8. The fourth-order valence-electron chi connectivity index (χ4n) is 6.57. The van der Waals surface area contributed by atoms with E-state index in [0.717, 1.165) is 21.8 Å². The number of H-pyrrole nitrogens is 2. The van der Waals surface area contributed by atoms with Gasteiger partial charge in [0.15, 0.2) is 11.6 Å². The van der Waals surface area contributed by atoms with Crippen molar-refractivity contribution in [3.05, 3.63) is 140 Å². The largest absolute Gasteiger partial charge is 0.439 e. The van der Waals surface area contributed by atoms with Crippen LogP contribution in [0.15, 0.2) is 116 Å². The highest BCUT2D eigenvalue weighted by molar-refractivity contribution is 6.31. The van der Waals surface area contributed by atoms with Gasteiger partial charge in [-0.3, -0.25) is 28.6 Å². The summed E-state index contributed by atoms with van der Waals surface area (Å²) >= 11 is 12.2. The average Bonchev–Trinajstić information content (AvgIpc) is 3.98. The van der Waals surface area contributed by atoms with Gasteiger partial charge < -0.3 is 19.8 Å². The van der Waals surface area contributed by atoms with E-state index in [4.69, 9.17) is 23.2 Å². The first-order chi connectivity index (χ1) is 27.4. The van der Waals surface area contributed by atoms with Crippen molar-refractivity contribution in [3.63, 3.8) is 0 Å². The van der Waals surface area contributed by atoms with Crippen LogP contribution < -0.4 is 22.1 Å². The van der Waals surface area contributed by atoms with Crippen molar-refractivity contribution in [1.82, 2.24) is 29.4 Å². The number of carbonyl (C=O) groups is 2. The molecule has 0 saturated carbocycles. The first kappa shape index (κ1) is 38.6. The standard InChI is InChI=1S/C21H19ClN4O3.C20H17ClN4O3/c1-12(2)11-26-17-6-4-3-5-13(17)9-18(26)20(27)23-16-8-7-14(22)10-15(16)19-24-21(28)29-25-19;1-11(2)25-16-6-4-3-5-12(16)9-17(25)19(26)22-15-8-7-13(21)10-14(15)18-23-20(27)28-24-18/h3-10,12H,11H2,1-2H3,(H,23,27)(H,24,25,28);3-11H,1-2H3,(H,22,26)(H,23,24,27). The Morgan fingerprint density at radius 3 is 1.63 bits per heavy atom. The fraction of sp³-hybridized carbons (Fsp3) is 0.171. The number of anilines is 2. The Morgan fingerprint density at radius 2 is 1.14 bits per heavy atom. The topological polar surface area (TPSA) is 186 Å². The number of carbonyl (C=O) groups excluding carboxylic acids is 2. The maximum absolute atomic E-state index is 13.2. The van der Waals surface area contributed by atoms with E-state index in [1.54, 1.807) is 36.4 Å². The number of aromatic amines is 2. The molecule has 0 saturated heterocycles. The molecule has 0 bridgehead atoms. The third kappa shape index (κ3) is 8.32. The number of amides is 2. The molecule has 0 radical (unpaired) electrons. The molecule has 0 aliphatic rings. The van der Waals surface area contributed by atoms with Gasteiger partial charge in [-0.05, 0) is 80.4 Å². The van der Waals surface area contributed by atoms with Crippen molar-refractivity contribution >= 4 is 68.2 Å². The lowest BCUT2D eigenvalue weighted by atomic mass is 10.1. The van der Waals surface area contributed by atoms with Crippen LogP contribution in [0.4, 0.5) is 11.4 Å². The molecule has 8 rings (SSSR count). The fourth-order valence-corrected chi connectivity index (χ4v) is 6.92. The number of halogens is 2. The number of hydrogen-bond donors (Lipinski definition) is 4. The molecule has 57 heavy (non-hydrogen) atoms. The number of rotatable bonds is 9. The SMILES string of the molecule is CC(C)Cn1c(C(=O)Nc2ccc(Cl)cc2-c2noc(=O)[nH]2)cc2ccccc21.CC(C)n1c(C(=O)Nc2ccc(Cl)cc2-c2noc(=O)[nH]2)cc2ccccc21. The zero-order valence-corrected chi connectivity index (χ0v) is 32.6. The van der Waals surface area contributed by atoms with Crippen molar-refractivity contribution in [2.75, 3.05) is 10.6 Å². The number of aromatic nitrogens is 6. The van der Waals surface area contributed by atoms with E-state index < -0.39 is 11.5 Å². The van der Waals surface area contributed by atoms with Crippen LogP contribution in [0.3, 0.4) is 0 Å². The Morgan fingerprint density at radius 1 is 0.667 bits per heavy atom. The van der Waals surface area contributed by atoms with Crippen LogP contribution in [0.5, 0.6) is 0 Å². The van der Waals surface area contributed by atoms with Crippen LogP contribution in [0, 0.1) is 5.92 Å². The van der Waals surface area contributed by atoms with Gasteiger partial charge in [0.05, 0.1) is 11.4 Å². The molecule has 0 unspecified atom stereocenters. The van der Waals surface area contributed by atoms with Crippen molar-refractivity contribution in [2.24, 2.45) is 5.92 Å². The van der Waals surface area contributed by atoms with E-state index in [0.29, 0.717) is 56.4 Å². The van der Waals surface area contributed by atoms with Gasteiger partial charge in [0.1, 0.15) is 11.4 Å². The summed E-state index contributed by atoms with van der Waals surface area (Å²) in [5.74, 6) is -1.18. The molecular weight excluding hydrogens is 771 g/mol. The monoisotopic (exact) mass is 806 g/mol. The van der Waals surface area contributed by atoms with E-state index in [1.165, 1.54) is 0 Å². The summed E-state index contributed by atoms with van der Waals surface area (Å²) in [5, 5.41) is 16.1. The highest BCUT2D eigenvalue weighted by Gasteiger charge is 2.21. The molecule has 8 aromatic rings. The van der Waals surface area contributed by atoms with E-state index in [9.17, 15) is 19.2 Å². The Kier molecular flexibility index (Phi) is 11.0. The number of para-hydroxylation sites is 2. The summed E-state index contributed by atoms with van der Waals surface area (Å²) < 4.78 is 13.2. The Labute approximate surface area is 334 Å². The number of benzene rings is 4. The van der Waals surface area contributed by atoms with E-state index >= 15 is 0 Å². The summed E-state index contributed by atoms with van der Waals surface area (Å²) in [7, 11) is 0. The highest BCUT2D eigenvalue weighted by atomic mass is 35.5. The lowest BCUT2D eigenvalue weighted by Gasteiger charge is -2.15. The molecule has 4 N–H and O–H groups in total. The molecule has 4 aromatic carbocycles. The van der Waals surface area contributed by atoms with Crippen LogP contribution >= 0.6 is 23.2 Å². The minimum Gasteiger partial charge on any atom is -0.336 e. The first-order valence-corrected chi connectivity index (χ1v) is 18.6. The van der Waals surface area contributed by atoms with E-state index in [1.807, 2.05) is 83.6 Å². The van der Waals surface area contributed by atoms with Gasteiger partial charge in [0.25, 0.3) is 11.8 Å². The van der Waals surface area contributed by atoms with Gasteiger partial charge in [-0.1, -0.05) is 83.8 Å². The summed E-state index contributed by atoms with van der Waals surface area (Å²) in [6.45, 7) is 8.97. The maximum Gasteiger partial charge on any atom is 0.439 e. The van der Waals surface area contributed by atoms with Crippen molar-refractivity contribution in [2.45, 2.75) is 40.3 Å². The third-order valence-electron chi connectivity index (χ3n) is 8.94. The zero-order chi connectivity index (χ0) is 40.4. The average molecular weight is 808 g/mol. The molecule has 2 amide bonds. The second-order valence-corrected chi connectivity index (χ2v) is 14.7. The van der Waals surface area contributed by atoms with Crippen LogP contribution in [-0.4, -0.2) is 41.2 Å². The summed E-state index contributed by atoms with van der Waals surface area (Å²) in [5.41, 5.74) is 4.91. The molecule has 0 atom stereocenters. The van der Waals surface area contributed by atoms with Crippen molar-refractivity contribution in [1.29, 1.82) is 0 Å². The molecule has 0 spiro atoms. The van der Waals surface area contributed by atoms with Crippen LogP contribution in [0.2, 0.25) is 10.0 Å². The number of nitrogens with zero attached hydrogens (tertiary/aromatic N) is 4. The second-order valence-electron chi connectivity index (χ2n) is 13.8. The minimum absolute atomic E-state index is 0.0947. The van der Waals surface area contributed by atoms with Crippen LogP contribution in [0.1, 0.15) is 54.7 Å². The smallest absolute Gasteiger partial charge is 0.336 e. The molecule has 0 aliphatic heterocycles. The van der Waals surface area contributed by atoms with Gasteiger partial charge in [0.2, 0.25) is 0 Å². The minimum atomic E-state index is -0.688. The van der Waals surface area contributed by atoms with Crippen molar-refractivity contribution in [3.8, 4) is 22.8 Å². The molecule has 4 heterocycles. The molecule has 290 valence electrons. The summed E-state index contributed by atoms with van der Waals surface area (Å²) in [6, 6.07) is 29.4. The third-order valence-corrected chi connectivity index (χ3v) is 9.41. The molecule has 0 aliphatic carbocycles. The first-order valence-electron chi connectivity index (χ1n) is 17.9. The van der Waals surface area contributed by atoms with Gasteiger partial charge in [-0.15, -0.1) is 0 Å². The molecule has 14 nitrogen and oxygen atoms in total. The predicted octanol–water partition coefficient (Wildman–Crippen LogP) is 9.02. The highest BCUT2D eigenvalue weighted by Crippen LogP contribution is 2.32. The van der Waals surface area contributed by atoms with Crippen LogP contribution in [-0.2, 0) is 6.54 Å². The number of nitrogens with one attached hydrogen (secondary N) is 4. The Hall–Kier alpha value is -6.64. The van der Waals surface area contributed by atoms with Gasteiger partial charge >= 0.3 is 11.5 Å². The predicted molar refractivity (Wildman–Crippen MR) is 220 cm³/mol. The van der Waals surface area contributed by atoms with E-state index in [2.05, 4.69) is 53.8 Å². The summed E-state index contributed by atoms with van der Waals surface area (Å²) in [6.07, 6.45) is 0. The maximum atomic E-state index is 13.2. The van der Waals surface area contributed by atoms with Gasteiger partial charge in [0, 0.05) is 55.6 Å². The lowest BCUT2D eigenvalue weighted by Crippen LogP contribution is -2.19. The molecule has 0 fully saturated rings. The van der Waals surface area contributed by atoms with Crippen LogP contribution in [0.25, 0.3) is 44.6 Å². The quantitative estimate of drug-likeness (QED) is 0.111. The number of fused-ring (bicyclic) bond motifs is 2.